The lowest BCUT2D eigenvalue weighted by Crippen LogP contribution is -2.21. The zero-order valence-electron chi connectivity index (χ0n) is 10.4. The summed E-state index contributed by atoms with van der Waals surface area (Å²) in [6.07, 6.45) is 0. The first kappa shape index (κ1) is 13.3. The van der Waals surface area contributed by atoms with E-state index in [1.165, 1.54) is 16.0 Å². The van der Waals surface area contributed by atoms with Crippen molar-refractivity contribution in [1.82, 2.24) is 5.32 Å². The minimum Gasteiger partial charge on any atom is -0.310 e. The molecular weight excluding hydrogens is 214 g/mol. The van der Waals surface area contributed by atoms with Gasteiger partial charge in [0.25, 0.3) is 0 Å². The molecule has 0 unspecified atom stereocenters. The summed E-state index contributed by atoms with van der Waals surface area (Å²) in [6, 6.07) is 9.29. The average molecular weight is 235 g/mol. The lowest BCUT2D eigenvalue weighted by atomic mass is 10.2. The quantitative estimate of drug-likeness (QED) is 0.593. The summed E-state index contributed by atoms with van der Waals surface area (Å²) in [5.41, 5.74) is 2.56. The van der Waals surface area contributed by atoms with Gasteiger partial charge >= 0.3 is 0 Å². The van der Waals surface area contributed by atoms with E-state index in [9.17, 15) is 0 Å². The number of benzene rings is 1. The summed E-state index contributed by atoms with van der Waals surface area (Å²) < 4.78 is 0. The van der Waals surface area contributed by atoms with E-state index < -0.39 is 0 Å². The van der Waals surface area contributed by atoms with Crippen LogP contribution in [0.3, 0.4) is 0 Å². The Morgan fingerprint density at radius 2 is 1.94 bits per heavy atom. The highest BCUT2D eigenvalue weighted by molar-refractivity contribution is 7.99. The first-order valence-electron chi connectivity index (χ1n) is 5.67. The first-order chi connectivity index (χ1) is 7.58. The lowest BCUT2D eigenvalue weighted by Gasteiger charge is -2.08. The molecule has 0 aliphatic carbocycles. The minimum atomic E-state index is 0.539. The summed E-state index contributed by atoms with van der Waals surface area (Å²) in [5, 5.41) is 3.41. The Morgan fingerprint density at radius 3 is 2.44 bits per heavy atom. The van der Waals surface area contributed by atoms with Gasteiger partial charge in [-0.25, -0.2) is 0 Å². The number of hydrogen-bond donors (Lipinski definition) is 1. The van der Waals surface area contributed by atoms with Gasteiger partial charge in [0, 0.05) is 23.2 Å². The molecule has 1 nitrogen and oxygen atoms in total. The molecule has 1 aromatic carbocycles. The van der Waals surface area contributed by atoms with Crippen LogP contribution in [0.15, 0.2) is 41.3 Å². The van der Waals surface area contributed by atoms with Gasteiger partial charge in [0.2, 0.25) is 0 Å². The molecule has 1 rings (SSSR count). The Balaban J connectivity index is 2.44. The zero-order valence-corrected chi connectivity index (χ0v) is 11.2. The Bertz CT molecular complexity index is 327. The third-order valence-electron chi connectivity index (χ3n) is 2.12. The second kappa shape index (κ2) is 6.77. The molecule has 0 saturated carbocycles. The highest BCUT2D eigenvalue weighted by Gasteiger charge is 1.97. The summed E-state index contributed by atoms with van der Waals surface area (Å²) in [6.45, 7) is 11.2. The van der Waals surface area contributed by atoms with Crippen molar-refractivity contribution in [3.63, 3.8) is 0 Å². The highest BCUT2D eigenvalue weighted by atomic mass is 32.2. The van der Waals surface area contributed by atoms with Crippen LogP contribution >= 0.6 is 11.8 Å². The van der Waals surface area contributed by atoms with Crippen molar-refractivity contribution in [2.45, 2.75) is 38.3 Å². The summed E-state index contributed by atoms with van der Waals surface area (Å²) in [4.78, 5) is 1.32. The third kappa shape index (κ3) is 5.38. The van der Waals surface area contributed by atoms with Crippen molar-refractivity contribution in [3.8, 4) is 0 Å². The topological polar surface area (TPSA) is 12.0 Å². The molecule has 88 valence electrons. The van der Waals surface area contributed by atoms with Crippen LogP contribution in [-0.4, -0.2) is 11.8 Å². The molecule has 0 aromatic heterocycles. The van der Waals surface area contributed by atoms with Crippen LogP contribution in [0.25, 0.3) is 0 Å². The number of rotatable bonds is 6. The summed E-state index contributed by atoms with van der Waals surface area (Å²) in [5.74, 6) is 1.00. The van der Waals surface area contributed by atoms with Gasteiger partial charge in [-0.2, -0.15) is 0 Å². The normalized spacial score (nSPS) is 10.8. The summed E-state index contributed by atoms with van der Waals surface area (Å²) >= 11 is 1.84. The Kier molecular flexibility index (Phi) is 5.64. The summed E-state index contributed by atoms with van der Waals surface area (Å²) in [7, 11) is 0. The molecule has 0 bridgehead atoms. The zero-order chi connectivity index (χ0) is 12.0. The van der Waals surface area contributed by atoms with Crippen LogP contribution in [0.4, 0.5) is 0 Å². The largest absolute Gasteiger partial charge is 0.310 e. The van der Waals surface area contributed by atoms with Crippen LogP contribution in [0.2, 0.25) is 0 Å². The molecule has 1 N–H and O–H groups in total. The van der Waals surface area contributed by atoms with Gasteiger partial charge < -0.3 is 5.32 Å². The second-order valence-electron chi connectivity index (χ2n) is 4.43. The van der Waals surface area contributed by atoms with E-state index in [0.29, 0.717) is 6.04 Å². The van der Waals surface area contributed by atoms with Crippen LogP contribution in [0.1, 0.15) is 26.3 Å². The molecule has 0 saturated heterocycles. The molecule has 0 atom stereocenters. The Hall–Kier alpha value is -0.730. The maximum atomic E-state index is 3.91. The van der Waals surface area contributed by atoms with Gasteiger partial charge in [0.15, 0.2) is 0 Å². The Labute approximate surface area is 103 Å². The SMILES string of the molecule is C=C(C)CSc1ccc(CNC(C)C)cc1. The van der Waals surface area contributed by atoms with E-state index in [2.05, 4.69) is 56.9 Å². The molecule has 0 spiro atoms. The second-order valence-corrected chi connectivity index (χ2v) is 5.47. The molecule has 0 radical (unpaired) electrons. The van der Waals surface area contributed by atoms with Crippen molar-refractivity contribution < 1.29 is 0 Å². The smallest absolute Gasteiger partial charge is 0.0207 e. The van der Waals surface area contributed by atoms with Crippen LogP contribution in [-0.2, 0) is 6.54 Å². The molecule has 2 heteroatoms. The molecular formula is C14H21NS. The van der Waals surface area contributed by atoms with E-state index in [-0.39, 0.29) is 0 Å². The number of thioether (sulfide) groups is 1. The maximum Gasteiger partial charge on any atom is 0.0207 e. The third-order valence-corrected chi connectivity index (χ3v) is 3.37. The number of hydrogen-bond acceptors (Lipinski definition) is 2. The van der Waals surface area contributed by atoms with E-state index >= 15 is 0 Å². The fourth-order valence-corrected chi connectivity index (χ4v) is 1.97. The monoisotopic (exact) mass is 235 g/mol. The molecule has 0 aliphatic rings. The molecule has 0 aliphatic heterocycles. The van der Waals surface area contributed by atoms with Gasteiger partial charge in [0.05, 0.1) is 0 Å². The predicted molar refractivity (Wildman–Crippen MR) is 74.0 cm³/mol. The van der Waals surface area contributed by atoms with Crippen molar-refractivity contribution in [2.75, 3.05) is 5.75 Å². The minimum absolute atomic E-state index is 0.539. The van der Waals surface area contributed by atoms with E-state index in [0.717, 1.165) is 12.3 Å². The van der Waals surface area contributed by atoms with Crippen molar-refractivity contribution in [1.29, 1.82) is 0 Å². The van der Waals surface area contributed by atoms with Gasteiger partial charge in [0.1, 0.15) is 0 Å². The van der Waals surface area contributed by atoms with Crippen LogP contribution in [0, 0.1) is 0 Å². The predicted octanol–water partition coefficient (Wildman–Crippen LogP) is 3.85. The van der Waals surface area contributed by atoms with Crippen molar-refractivity contribution in [3.05, 3.63) is 42.0 Å². The van der Waals surface area contributed by atoms with Gasteiger partial charge in [-0.3, -0.25) is 0 Å². The van der Waals surface area contributed by atoms with E-state index in [1.807, 2.05) is 11.8 Å². The Morgan fingerprint density at radius 1 is 1.31 bits per heavy atom. The lowest BCUT2D eigenvalue weighted by molar-refractivity contribution is 0.588. The van der Waals surface area contributed by atoms with Crippen molar-refractivity contribution >= 4 is 11.8 Å². The first-order valence-corrected chi connectivity index (χ1v) is 6.66. The number of nitrogens with one attached hydrogen (secondary N) is 1. The van der Waals surface area contributed by atoms with Gasteiger partial charge in [-0.1, -0.05) is 38.1 Å². The van der Waals surface area contributed by atoms with Gasteiger partial charge in [-0.15, -0.1) is 11.8 Å². The molecule has 0 amide bonds. The van der Waals surface area contributed by atoms with Gasteiger partial charge in [-0.05, 0) is 24.6 Å². The molecule has 0 heterocycles. The fraction of sp³-hybridized carbons (Fsp3) is 0.429. The standard InChI is InChI=1S/C14H21NS/c1-11(2)10-16-14-7-5-13(6-8-14)9-15-12(3)4/h5-8,12,15H,1,9-10H2,2-4H3. The highest BCUT2D eigenvalue weighted by Crippen LogP contribution is 2.20. The molecule has 1 aromatic rings. The molecule has 16 heavy (non-hydrogen) atoms. The van der Waals surface area contributed by atoms with Crippen LogP contribution in [0.5, 0.6) is 0 Å². The van der Waals surface area contributed by atoms with Crippen molar-refractivity contribution in [2.24, 2.45) is 0 Å². The average Bonchev–Trinajstić information content (AvgIpc) is 2.25. The van der Waals surface area contributed by atoms with Crippen LogP contribution < -0.4 is 5.32 Å². The maximum absolute atomic E-state index is 3.91. The molecule has 0 fully saturated rings. The van der Waals surface area contributed by atoms with E-state index in [1.54, 1.807) is 0 Å². The fourth-order valence-electron chi connectivity index (χ4n) is 1.23. The van der Waals surface area contributed by atoms with E-state index in [4.69, 9.17) is 0 Å².